The quantitative estimate of drug-likeness (QED) is 0.879. The molecule has 112 valence electrons. The van der Waals surface area contributed by atoms with Crippen LogP contribution in [0.3, 0.4) is 0 Å². The molecule has 22 heavy (non-hydrogen) atoms. The Hall–Kier alpha value is -2.56. The Morgan fingerprint density at radius 1 is 1.14 bits per heavy atom. The molecule has 0 atom stereocenters. The number of furan rings is 1. The van der Waals surface area contributed by atoms with Gasteiger partial charge in [-0.15, -0.1) is 0 Å². The summed E-state index contributed by atoms with van der Waals surface area (Å²) in [6, 6.07) is 11.2. The molecule has 0 bridgehead atoms. The molecule has 4 rings (SSSR count). The maximum Gasteiger partial charge on any atom is 0.289 e. The number of nitrogens with one attached hydrogen (secondary N) is 1. The summed E-state index contributed by atoms with van der Waals surface area (Å²) in [6.07, 6.45) is 2.78. The van der Waals surface area contributed by atoms with Crippen molar-refractivity contribution in [3.63, 3.8) is 0 Å². The summed E-state index contributed by atoms with van der Waals surface area (Å²) in [6.45, 7) is 1.11. The van der Waals surface area contributed by atoms with Gasteiger partial charge in [0.1, 0.15) is 0 Å². The molecular weight excluding hydrogens is 280 g/mol. The topological polar surface area (TPSA) is 62.6 Å². The monoisotopic (exact) mass is 296 g/mol. The molecule has 0 radical (unpaired) electrons. The van der Waals surface area contributed by atoms with Crippen molar-refractivity contribution in [3.8, 4) is 0 Å². The first-order valence-corrected chi connectivity index (χ1v) is 7.44. The highest BCUT2D eigenvalue weighted by molar-refractivity contribution is 6.06. The third kappa shape index (κ3) is 1.78. The van der Waals surface area contributed by atoms with E-state index in [9.17, 15) is 9.59 Å². The van der Waals surface area contributed by atoms with E-state index in [2.05, 4.69) is 5.32 Å². The van der Waals surface area contributed by atoms with Gasteiger partial charge >= 0.3 is 0 Å². The van der Waals surface area contributed by atoms with E-state index >= 15 is 0 Å². The Balaban J connectivity index is 1.57. The largest absolute Gasteiger partial charge is 0.459 e. The molecule has 0 aliphatic carbocycles. The van der Waals surface area contributed by atoms with Gasteiger partial charge in [0.25, 0.3) is 5.91 Å². The van der Waals surface area contributed by atoms with Gasteiger partial charge < -0.3 is 14.6 Å². The number of fused-ring (bicyclic) bond motifs is 2. The van der Waals surface area contributed by atoms with Gasteiger partial charge in [0.15, 0.2) is 5.76 Å². The van der Waals surface area contributed by atoms with Crippen molar-refractivity contribution in [1.29, 1.82) is 0 Å². The second-order valence-corrected chi connectivity index (χ2v) is 5.85. The second-order valence-electron chi connectivity index (χ2n) is 5.85. The van der Waals surface area contributed by atoms with Crippen molar-refractivity contribution in [3.05, 3.63) is 54.0 Å². The second kappa shape index (κ2) is 4.73. The van der Waals surface area contributed by atoms with Gasteiger partial charge in [-0.2, -0.15) is 0 Å². The minimum Gasteiger partial charge on any atom is -0.459 e. The van der Waals surface area contributed by atoms with Crippen LogP contribution in [0.1, 0.15) is 29.0 Å². The molecule has 3 heterocycles. The number of rotatable bonds is 1. The van der Waals surface area contributed by atoms with Crippen molar-refractivity contribution in [2.75, 3.05) is 18.4 Å². The predicted octanol–water partition coefficient (Wildman–Crippen LogP) is 2.41. The van der Waals surface area contributed by atoms with Crippen LogP contribution < -0.4 is 5.32 Å². The minimum atomic E-state index is -0.490. The van der Waals surface area contributed by atoms with E-state index in [0.717, 1.165) is 11.3 Å². The lowest BCUT2D eigenvalue weighted by Gasteiger charge is -2.37. The average Bonchev–Trinajstić information content (AvgIpc) is 3.16. The van der Waals surface area contributed by atoms with E-state index in [1.807, 2.05) is 24.3 Å². The number of nitrogens with zero attached hydrogens (tertiary/aromatic N) is 1. The third-order valence-electron chi connectivity index (χ3n) is 4.76. The van der Waals surface area contributed by atoms with Crippen LogP contribution in [0.25, 0.3) is 0 Å². The highest BCUT2D eigenvalue weighted by Crippen LogP contribution is 2.44. The summed E-state index contributed by atoms with van der Waals surface area (Å²) < 4.78 is 5.17. The molecule has 1 N–H and O–H groups in total. The highest BCUT2D eigenvalue weighted by atomic mass is 16.3. The number of hydrogen-bond acceptors (Lipinski definition) is 3. The standard InChI is InChI=1S/C17H16N2O3/c20-15(14-6-3-11-22-14)19-9-7-17(8-10-19)12-4-1-2-5-13(12)18-16(17)21/h1-6,11H,7-10H2,(H,18,21). The number of piperidine rings is 1. The molecule has 2 aliphatic rings. The smallest absolute Gasteiger partial charge is 0.289 e. The molecule has 5 heteroatoms. The zero-order valence-corrected chi connectivity index (χ0v) is 12.0. The molecule has 5 nitrogen and oxygen atoms in total. The number of para-hydroxylation sites is 1. The van der Waals surface area contributed by atoms with Crippen LogP contribution in [-0.2, 0) is 10.2 Å². The molecule has 0 unspecified atom stereocenters. The first kappa shape index (κ1) is 13.1. The molecule has 1 aromatic carbocycles. The third-order valence-corrected chi connectivity index (χ3v) is 4.76. The number of likely N-dealkylation sites (tertiary alicyclic amines) is 1. The fourth-order valence-corrected chi connectivity index (χ4v) is 3.52. The number of anilines is 1. The summed E-state index contributed by atoms with van der Waals surface area (Å²) in [7, 11) is 0. The molecule has 1 fully saturated rings. The van der Waals surface area contributed by atoms with Crippen molar-refractivity contribution in [2.45, 2.75) is 18.3 Å². The fraction of sp³-hybridized carbons (Fsp3) is 0.294. The highest BCUT2D eigenvalue weighted by Gasteiger charge is 2.48. The van der Waals surface area contributed by atoms with Gasteiger partial charge in [-0.05, 0) is 36.6 Å². The van der Waals surface area contributed by atoms with Crippen LogP contribution in [0.4, 0.5) is 5.69 Å². The molecular formula is C17H16N2O3. The summed E-state index contributed by atoms with van der Waals surface area (Å²) >= 11 is 0. The van der Waals surface area contributed by atoms with Gasteiger partial charge in [-0.25, -0.2) is 0 Å². The molecule has 1 spiro atoms. The van der Waals surface area contributed by atoms with Crippen LogP contribution in [-0.4, -0.2) is 29.8 Å². The summed E-state index contributed by atoms with van der Waals surface area (Å²) in [5.41, 5.74) is 1.47. The number of carbonyl (C=O) groups excluding carboxylic acids is 2. The van der Waals surface area contributed by atoms with Gasteiger partial charge in [0.05, 0.1) is 11.7 Å². The van der Waals surface area contributed by atoms with Gasteiger partial charge in [-0.3, -0.25) is 9.59 Å². The lowest BCUT2D eigenvalue weighted by atomic mass is 9.73. The Kier molecular flexibility index (Phi) is 2.82. The number of carbonyl (C=O) groups is 2. The molecule has 0 saturated carbocycles. The normalized spacial score (nSPS) is 19.1. The van der Waals surface area contributed by atoms with E-state index < -0.39 is 5.41 Å². The minimum absolute atomic E-state index is 0.0544. The maximum atomic E-state index is 12.5. The molecule has 1 aromatic heterocycles. The number of hydrogen-bond donors (Lipinski definition) is 1. The van der Waals surface area contributed by atoms with E-state index in [0.29, 0.717) is 31.7 Å². The zero-order chi connectivity index (χ0) is 15.2. The molecule has 1 saturated heterocycles. The Labute approximate surface area is 127 Å². The van der Waals surface area contributed by atoms with Crippen molar-refractivity contribution < 1.29 is 14.0 Å². The number of benzene rings is 1. The van der Waals surface area contributed by atoms with Crippen molar-refractivity contribution in [2.24, 2.45) is 0 Å². The maximum absolute atomic E-state index is 12.5. The van der Waals surface area contributed by atoms with E-state index in [4.69, 9.17) is 4.42 Å². The first-order chi connectivity index (χ1) is 10.7. The van der Waals surface area contributed by atoms with Gasteiger partial charge in [0, 0.05) is 18.8 Å². The summed E-state index contributed by atoms with van der Waals surface area (Å²) in [5, 5.41) is 2.97. The summed E-state index contributed by atoms with van der Waals surface area (Å²) in [5.74, 6) is 0.303. The van der Waals surface area contributed by atoms with E-state index in [1.165, 1.54) is 6.26 Å². The van der Waals surface area contributed by atoms with E-state index in [1.54, 1.807) is 17.0 Å². The fourth-order valence-electron chi connectivity index (χ4n) is 3.52. The van der Waals surface area contributed by atoms with Crippen molar-refractivity contribution in [1.82, 2.24) is 4.90 Å². The van der Waals surface area contributed by atoms with Gasteiger partial charge in [-0.1, -0.05) is 18.2 Å². The predicted molar refractivity (Wildman–Crippen MR) is 80.6 cm³/mol. The lowest BCUT2D eigenvalue weighted by molar-refractivity contribution is -0.122. The van der Waals surface area contributed by atoms with Gasteiger partial charge in [0.2, 0.25) is 5.91 Å². The lowest BCUT2D eigenvalue weighted by Crippen LogP contribution is -2.48. The van der Waals surface area contributed by atoms with Crippen LogP contribution in [0.5, 0.6) is 0 Å². The Morgan fingerprint density at radius 2 is 1.91 bits per heavy atom. The molecule has 2 aromatic rings. The van der Waals surface area contributed by atoms with Crippen LogP contribution in [0.2, 0.25) is 0 Å². The first-order valence-electron chi connectivity index (χ1n) is 7.44. The van der Waals surface area contributed by atoms with Crippen LogP contribution in [0.15, 0.2) is 47.1 Å². The van der Waals surface area contributed by atoms with Crippen molar-refractivity contribution >= 4 is 17.5 Å². The summed E-state index contributed by atoms with van der Waals surface area (Å²) in [4.78, 5) is 26.6. The molecule has 2 aliphatic heterocycles. The van der Waals surface area contributed by atoms with E-state index in [-0.39, 0.29) is 11.8 Å². The number of amides is 2. The molecule has 2 amide bonds. The zero-order valence-electron chi connectivity index (χ0n) is 12.0. The Bertz CT molecular complexity index is 728. The van der Waals surface area contributed by atoms with Crippen LogP contribution >= 0.6 is 0 Å². The average molecular weight is 296 g/mol. The van der Waals surface area contributed by atoms with Crippen LogP contribution in [0, 0.1) is 0 Å². The SMILES string of the molecule is O=C(c1ccco1)N1CCC2(CC1)C(=O)Nc1ccccc12. The Morgan fingerprint density at radius 3 is 2.64 bits per heavy atom.